The molecule has 16 heavy (non-hydrogen) atoms. The van der Waals surface area contributed by atoms with E-state index in [0.717, 1.165) is 36.3 Å². The molecule has 1 aromatic rings. The zero-order chi connectivity index (χ0) is 11.2. The number of nitrogens with one attached hydrogen (secondary N) is 2. The van der Waals surface area contributed by atoms with Crippen LogP contribution in [0.25, 0.3) is 0 Å². The molecule has 1 aromatic carbocycles. The van der Waals surface area contributed by atoms with Gasteiger partial charge in [-0.2, -0.15) is 0 Å². The van der Waals surface area contributed by atoms with Crippen LogP contribution in [0, 0.1) is 0 Å². The largest absolute Gasteiger partial charge is 0.383 e. The third-order valence-corrected chi connectivity index (χ3v) is 3.27. The Morgan fingerprint density at radius 1 is 1.44 bits per heavy atom. The summed E-state index contributed by atoms with van der Waals surface area (Å²) in [5.41, 5.74) is 9.06. The number of fused-ring (bicyclic) bond motifs is 1. The van der Waals surface area contributed by atoms with Gasteiger partial charge in [0.2, 0.25) is 5.91 Å². The van der Waals surface area contributed by atoms with Crippen LogP contribution < -0.4 is 16.4 Å². The molecule has 2 aliphatic rings. The number of hydrogen-bond acceptors (Lipinski definition) is 3. The smallest absolute Gasteiger partial charge is 0.228 e. The van der Waals surface area contributed by atoms with Crippen molar-refractivity contribution in [1.82, 2.24) is 0 Å². The Hall–Kier alpha value is -1.55. The fourth-order valence-corrected chi connectivity index (χ4v) is 1.95. The topological polar surface area (TPSA) is 67.1 Å². The highest BCUT2D eigenvalue weighted by molar-refractivity contribution is 5.99. The van der Waals surface area contributed by atoms with Crippen molar-refractivity contribution in [2.24, 2.45) is 5.73 Å². The van der Waals surface area contributed by atoms with Crippen LogP contribution >= 0.6 is 0 Å². The molecule has 4 N–H and O–H groups in total. The summed E-state index contributed by atoms with van der Waals surface area (Å²) in [6.07, 6.45) is 2.69. The maximum absolute atomic E-state index is 11.2. The molecule has 1 fully saturated rings. The van der Waals surface area contributed by atoms with Gasteiger partial charge in [0.05, 0.1) is 6.42 Å². The first kappa shape index (κ1) is 9.66. The lowest BCUT2D eigenvalue weighted by molar-refractivity contribution is -0.115. The van der Waals surface area contributed by atoms with Crippen molar-refractivity contribution in [3.63, 3.8) is 0 Å². The van der Waals surface area contributed by atoms with E-state index in [1.165, 1.54) is 0 Å². The van der Waals surface area contributed by atoms with Crippen LogP contribution in [-0.4, -0.2) is 18.0 Å². The molecule has 0 aromatic heterocycles. The Bertz CT molecular complexity index is 452. The number of nitrogens with two attached hydrogens (primary N) is 1. The first-order valence-corrected chi connectivity index (χ1v) is 5.60. The van der Waals surface area contributed by atoms with Crippen LogP contribution in [0.3, 0.4) is 0 Å². The van der Waals surface area contributed by atoms with Crippen LogP contribution in [0.5, 0.6) is 0 Å². The van der Waals surface area contributed by atoms with Gasteiger partial charge in [0.1, 0.15) is 0 Å². The molecule has 4 nitrogen and oxygen atoms in total. The Morgan fingerprint density at radius 2 is 2.25 bits per heavy atom. The van der Waals surface area contributed by atoms with Gasteiger partial charge in [0.25, 0.3) is 0 Å². The quantitative estimate of drug-likeness (QED) is 0.710. The van der Waals surface area contributed by atoms with Crippen molar-refractivity contribution in [2.45, 2.75) is 24.8 Å². The van der Waals surface area contributed by atoms with Crippen LogP contribution in [-0.2, 0) is 11.2 Å². The van der Waals surface area contributed by atoms with Gasteiger partial charge in [-0.25, -0.2) is 0 Å². The molecule has 0 radical (unpaired) electrons. The highest BCUT2D eigenvalue weighted by Gasteiger charge is 2.37. The first-order chi connectivity index (χ1) is 7.65. The van der Waals surface area contributed by atoms with E-state index in [9.17, 15) is 4.79 Å². The molecule has 3 rings (SSSR count). The molecule has 0 atom stereocenters. The van der Waals surface area contributed by atoms with Gasteiger partial charge in [0, 0.05) is 23.5 Å². The highest BCUT2D eigenvalue weighted by Crippen LogP contribution is 2.33. The van der Waals surface area contributed by atoms with Crippen molar-refractivity contribution < 1.29 is 4.79 Å². The number of anilines is 2. The Kier molecular flexibility index (Phi) is 1.94. The number of amides is 1. The molecule has 1 aliphatic carbocycles. The summed E-state index contributed by atoms with van der Waals surface area (Å²) in [6.45, 7) is 0.813. The van der Waals surface area contributed by atoms with Gasteiger partial charge in [-0.15, -0.1) is 0 Å². The predicted molar refractivity (Wildman–Crippen MR) is 63.4 cm³/mol. The standard InChI is InChI=1S/C12H15N3O/c13-12(3-4-12)7-14-9-1-2-10-8(5-9)6-11(16)15-10/h1-2,5,14H,3-4,6-7,13H2,(H,15,16). The van der Waals surface area contributed by atoms with E-state index in [1.807, 2.05) is 18.2 Å². The average Bonchev–Trinajstić information content (AvgIpc) is 2.87. The summed E-state index contributed by atoms with van der Waals surface area (Å²) in [6, 6.07) is 5.95. The van der Waals surface area contributed by atoms with E-state index >= 15 is 0 Å². The molecule has 0 spiro atoms. The number of benzene rings is 1. The van der Waals surface area contributed by atoms with Crippen LogP contribution in [0.2, 0.25) is 0 Å². The van der Waals surface area contributed by atoms with Crippen molar-refractivity contribution in [1.29, 1.82) is 0 Å². The summed E-state index contributed by atoms with van der Waals surface area (Å²) in [7, 11) is 0. The molecule has 1 amide bonds. The van der Waals surface area contributed by atoms with E-state index < -0.39 is 0 Å². The van der Waals surface area contributed by atoms with Crippen LogP contribution in [0.1, 0.15) is 18.4 Å². The second-order valence-electron chi connectivity index (χ2n) is 4.81. The summed E-state index contributed by atoms with van der Waals surface area (Å²) < 4.78 is 0. The number of rotatable bonds is 3. The molecule has 4 heteroatoms. The maximum atomic E-state index is 11.2. The Balaban J connectivity index is 1.72. The van der Waals surface area contributed by atoms with Gasteiger partial charge in [0.15, 0.2) is 0 Å². The normalized spacial score (nSPS) is 20.2. The van der Waals surface area contributed by atoms with Crippen molar-refractivity contribution in [2.75, 3.05) is 17.2 Å². The summed E-state index contributed by atoms with van der Waals surface area (Å²) in [5.74, 6) is 0.0737. The van der Waals surface area contributed by atoms with Crippen molar-refractivity contribution in [3.8, 4) is 0 Å². The molecule has 0 bridgehead atoms. The molecular formula is C12H15N3O. The lowest BCUT2D eigenvalue weighted by Gasteiger charge is -2.12. The minimum atomic E-state index is 0.00703. The van der Waals surface area contributed by atoms with Gasteiger partial charge in [-0.05, 0) is 36.6 Å². The molecular weight excluding hydrogens is 202 g/mol. The maximum Gasteiger partial charge on any atom is 0.228 e. The fraction of sp³-hybridized carbons (Fsp3) is 0.417. The minimum absolute atomic E-state index is 0.00703. The van der Waals surface area contributed by atoms with Crippen molar-refractivity contribution in [3.05, 3.63) is 23.8 Å². The molecule has 1 heterocycles. The van der Waals surface area contributed by atoms with E-state index in [-0.39, 0.29) is 11.4 Å². The third-order valence-electron chi connectivity index (χ3n) is 3.27. The van der Waals surface area contributed by atoms with Crippen molar-refractivity contribution >= 4 is 17.3 Å². The molecule has 0 saturated heterocycles. The van der Waals surface area contributed by atoms with E-state index in [2.05, 4.69) is 10.6 Å². The van der Waals surface area contributed by atoms with E-state index in [0.29, 0.717) is 6.42 Å². The summed E-state index contributed by atoms with van der Waals surface area (Å²) >= 11 is 0. The number of carbonyl (C=O) groups is 1. The molecule has 1 saturated carbocycles. The molecule has 84 valence electrons. The predicted octanol–water partition coefficient (Wildman–Crippen LogP) is 1.08. The monoisotopic (exact) mass is 217 g/mol. The van der Waals surface area contributed by atoms with Gasteiger partial charge < -0.3 is 16.4 Å². The second-order valence-corrected chi connectivity index (χ2v) is 4.81. The minimum Gasteiger partial charge on any atom is -0.383 e. The van der Waals surface area contributed by atoms with Gasteiger partial charge in [-0.1, -0.05) is 0 Å². The van der Waals surface area contributed by atoms with Crippen LogP contribution in [0.4, 0.5) is 11.4 Å². The van der Waals surface area contributed by atoms with Crippen LogP contribution in [0.15, 0.2) is 18.2 Å². The Labute approximate surface area is 94.2 Å². The Morgan fingerprint density at radius 3 is 3.00 bits per heavy atom. The van der Waals surface area contributed by atoms with E-state index in [4.69, 9.17) is 5.73 Å². The summed E-state index contributed by atoms with van der Waals surface area (Å²) in [4.78, 5) is 11.2. The SMILES string of the molecule is NC1(CNc2ccc3c(c2)CC(=O)N3)CC1. The number of hydrogen-bond donors (Lipinski definition) is 3. The van der Waals surface area contributed by atoms with Gasteiger partial charge in [-0.3, -0.25) is 4.79 Å². The van der Waals surface area contributed by atoms with E-state index in [1.54, 1.807) is 0 Å². The fourth-order valence-electron chi connectivity index (χ4n) is 1.95. The second kappa shape index (κ2) is 3.22. The third kappa shape index (κ3) is 1.76. The zero-order valence-electron chi connectivity index (χ0n) is 9.05. The van der Waals surface area contributed by atoms with Gasteiger partial charge >= 0.3 is 0 Å². The highest BCUT2D eigenvalue weighted by atomic mass is 16.1. The summed E-state index contributed by atoms with van der Waals surface area (Å²) in [5, 5.41) is 6.15. The first-order valence-electron chi connectivity index (χ1n) is 5.60. The molecule has 1 aliphatic heterocycles. The number of carbonyl (C=O) groups excluding carboxylic acids is 1. The lowest BCUT2D eigenvalue weighted by atomic mass is 10.1. The zero-order valence-corrected chi connectivity index (χ0v) is 9.05. The molecule has 0 unspecified atom stereocenters. The lowest BCUT2D eigenvalue weighted by Crippen LogP contribution is -2.31. The average molecular weight is 217 g/mol.